The lowest BCUT2D eigenvalue weighted by Gasteiger charge is -2.30. The summed E-state index contributed by atoms with van der Waals surface area (Å²) in [6.45, 7) is 0.361. The van der Waals surface area contributed by atoms with Crippen LogP contribution in [-0.2, 0) is 32.4 Å². The van der Waals surface area contributed by atoms with Gasteiger partial charge in [0.15, 0.2) is 0 Å². The number of nitrogens with one attached hydrogen (secondary N) is 2. The number of thiophene rings is 2. The summed E-state index contributed by atoms with van der Waals surface area (Å²) >= 11 is 8.23. The molecule has 1 aliphatic heterocycles. The molecule has 1 atom stereocenters. The molecule has 0 bridgehead atoms. The number of rotatable bonds is 5. The van der Waals surface area contributed by atoms with Crippen molar-refractivity contribution in [3.8, 4) is 0 Å². The fourth-order valence-electron chi connectivity index (χ4n) is 4.25. The number of carbonyl (C=O) groups is 3. The molecule has 9 nitrogen and oxygen atoms in total. The van der Waals surface area contributed by atoms with Crippen molar-refractivity contribution in [2.75, 3.05) is 25.5 Å². The number of hydrogen-bond acceptors (Lipinski definition) is 8. The summed E-state index contributed by atoms with van der Waals surface area (Å²) in [6.07, 6.45) is 3.57. The lowest BCUT2D eigenvalue weighted by molar-refractivity contribution is -0.120. The third kappa shape index (κ3) is 5.15. The van der Waals surface area contributed by atoms with Crippen LogP contribution in [0.2, 0.25) is 4.34 Å². The second-order valence-corrected chi connectivity index (χ2v) is 13.1. The van der Waals surface area contributed by atoms with Crippen molar-refractivity contribution in [2.45, 2.75) is 42.7 Å². The van der Waals surface area contributed by atoms with Crippen LogP contribution in [0.3, 0.4) is 0 Å². The summed E-state index contributed by atoms with van der Waals surface area (Å²) in [4.78, 5) is 38.6. The zero-order chi connectivity index (χ0) is 24.5. The molecule has 3 heterocycles. The van der Waals surface area contributed by atoms with Gasteiger partial charge in [0.05, 0.1) is 22.9 Å². The van der Waals surface area contributed by atoms with E-state index in [9.17, 15) is 22.8 Å². The van der Waals surface area contributed by atoms with Crippen LogP contribution >= 0.6 is 34.3 Å². The first-order valence-corrected chi connectivity index (χ1v) is 14.3. The van der Waals surface area contributed by atoms with Gasteiger partial charge in [-0.1, -0.05) is 11.6 Å². The smallest absolute Gasteiger partial charge is 0.413 e. The maximum absolute atomic E-state index is 13.2. The van der Waals surface area contributed by atoms with Crippen LogP contribution in [0, 0.1) is 5.92 Å². The average Bonchev–Trinajstić information content (AvgIpc) is 3.42. The van der Waals surface area contributed by atoms with E-state index in [4.69, 9.17) is 11.6 Å². The summed E-state index contributed by atoms with van der Waals surface area (Å²) in [5, 5.41) is 5.41. The number of alkyl carbamates (subject to hydrolysis) is 1. The molecule has 2 aliphatic rings. The highest BCUT2D eigenvalue weighted by molar-refractivity contribution is 7.91. The SMILES string of the molecule is COC(=O)NC(=O)c1c(NC(=O)C2CCCN(S(=O)(=O)c3ccc(Cl)s3)C2)sc2c1CCCC2. The van der Waals surface area contributed by atoms with Crippen molar-refractivity contribution in [2.24, 2.45) is 5.92 Å². The number of amides is 3. The monoisotopic (exact) mass is 545 g/mol. The van der Waals surface area contributed by atoms with Gasteiger partial charge in [-0.25, -0.2) is 13.2 Å². The molecule has 0 spiro atoms. The predicted molar refractivity (Wildman–Crippen MR) is 130 cm³/mol. The van der Waals surface area contributed by atoms with E-state index in [2.05, 4.69) is 15.4 Å². The van der Waals surface area contributed by atoms with Crippen molar-refractivity contribution in [3.63, 3.8) is 0 Å². The van der Waals surface area contributed by atoms with E-state index in [0.29, 0.717) is 35.1 Å². The summed E-state index contributed by atoms with van der Waals surface area (Å²) in [6, 6.07) is 3.00. The maximum atomic E-state index is 13.2. The lowest BCUT2D eigenvalue weighted by atomic mass is 9.95. The lowest BCUT2D eigenvalue weighted by Crippen LogP contribution is -2.43. The number of nitrogens with zero attached hydrogens (tertiary/aromatic N) is 1. The summed E-state index contributed by atoms with van der Waals surface area (Å²) < 4.78 is 32.3. The van der Waals surface area contributed by atoms with Gasteiger partial charge in [0.25, 0.3) is 15.9 Å². The standard InChI is InChI=1S/C21H24ClN3O6S3/c1-31-21(28)24-19(27)17-13-6-2-3-7-14(13)32-20(17)23-18(26)12-5-4-10-25(11-12)34(29,30)16-9-8-15(22)33-16/h8-9,12H,2-7,10-11H2,1H3,(H,23,26)(H,24,27,28). The number of fused-ring (bicyclic) bond motifs is 1. The first-order chi connectivity index (χ1) is 16.2. The van der Waals surface area contributed by atoms with Gasteiger partial charge >= 0.3 is 6.09 Å². The second kappa shape index (κ2) is 10.3. The van der Waals surface area contributed by atoms with E-state index in [-0.39, 0.29) is 22.2 Å². The van der Waals surface area contributed by atoms with E-state index in [1.165, 1.54) is 34.9 Å². The normalized spacial score (nSPS) is 18.7. The third-order valence-corrected chi connectivity index (χ3v) is 10.7. The van der Waals surface area contributed by atoms with Crippen LogP contribution in [-0.4, -0.2) is 50.8 Å². The van der Waals surface area contributed by atoms with Gasteiger partial charge < -0.3 is 10.1 Å². The predicted octanol–water partition coefficient (Wildman–Crippen LogP) is 3.88. The number of halogens is 1. The number of anilines is 1. The Bertz CT molecular complexity index is 1220. The molecule has 34 heavy (non-hydrogen) atoms. The molecule has 2 N–H and O–H groups in total. The molecule has 2 aromatic rings. The number of hydrogen-bond donors (Lipinski definition) is 2. The van der Waals surface area contributed by atoms with Crippen molar-refractivity contribution in [3.05, 3.63) is 32.5 Å². The summed E-state index contributed by atoms with van der Waals surface area (Å²) in [5.41, 5.74) is 1.13. The maximum Gasteiger partial charge on any atom is 0.413 e. The number of carbonyl (C=O) groups excluding carboxylic acids is 3. The highest BCUT2D eigenvalue weighted by Crippen LogP contribution is 2.39. The first kappa shape index (κ1) is 25.1. The molecule has 3 amide bonds. The van der Waals surface area contributed by atoms with E-state index < -0.39 is 27.9 Å². The molecular weight excluding hydrogens is 522 g/mol. The number of sulfonamides is 1. The molecule has 184 valence electrons. The van der Waals surface area contributed by atoms with Crippen molar-refractivity contribution in [1.29, 1.82) is 0 Å². The fourth-order valence-corrected chi connectivity index (χ4v) is 8.70. The molecule has 0 radical (unpaired) electrons. The fraction of sp³-hybridized carbons (Fsp3) is 0.476. The Balaban J connectivity index is 1.54. The topological polar surface area (TPSA) is 122 Å². The Morgan fingerprint density at radius 1 is 1.15 bits per heavy atom. The molecule has 1 aliphatic carbocycles. The zero-order valence-electron chi connectivity index (χ0n) is 18.4. The molecule has 0 saturated carbocycles. The molecular formula is C21H24ClN3O6S3. The Kier molecular flexibility index (Phi) is 7.63. The van der Waals surface area contributed by atoms with Crippen molar-refractivity contribution >= 4 is 67.2 Å². The third-order valence-electron chi connectivity index (χ3n) is 5.93. The number of piperidine rings is 1. The Morgan fingerprint density at radius 2 is 1.91 bits per heavy atom. The van der Waals surface area contributed by atoms with E-state index in [1.54, 1.807) is 0 Å². The number of aryl methyl sites for hydroxylation is 1. The van der Waals surface area contributed by atoms with Gasteiger partial charge in [-0.2, -0.15) is 4.31 Å². The van der Waals surface area contributed by atoms with Gasteiger partial charge in [0, 0.05) is 18.0 Å². The van der Waals surface area contributed by atoms with Crippen LogP contribution in [0.25, 0.3) is 0 Å². The largest absolute Gasteiger partial charge is 0.453 e. The highest BCUT2D eigenvalue weighted by Gasteiger charge is 2.35. The Hall–Kier alpha value is -1.99. The molecule has 4 rings (SSSR count). The van der Waals surface area contributed by atoms with Gasteiger partial charge in [-0.15, -0.1) is 22.7 Å². The van der Waals surface area contributed by atoms with Crippen LogP contribution in [0.5, 0.6) is 0 Å². The Labute approximate surface area is 210 Å². The molecule has 1 fully saturated rings. The van der Waals surface area contributed by atoms with E-state index >= 15 is 0 Å². The minimum atomic E-state index is -3.75. The minimum Gasteiger partial charge on any atom is -0.453 e. The van der Waals surface area contributed by atoms with Crippen molar-refractivity contribution in [1.82, 2.24) is 9.62 Å². The zero-order valence-corrected chi connectivity index (χ0v) is 21.6. The molecule has 0 aromatic carbocycles. The van der Waals surface area contributed by atoms with Gasteiger partial charge in [0.2, 0.25) is 5.91 Å². The van der Waals surface area contributed by atoms with Crippen molar-refractivity contribution < 1.29 is 27.5 Å². The van der Waals surface area contributed by atoms with Crippen LogP contribution in [0.15, 0.2) is 16.3 Å². The first-order valence-electron chi connectivity index (χ1n) is 10.8. The molecule has 1 unspecified atom stereocenters. The minimum absolute atomic E-state index is 0.0401. The quantitative estimate of drug-likeness (QED) is 0.588. The molecule has 13 heteroatoms. The van der Waals surface area contributed by atoms with Crippen LogP contribution < -0.4 is 10.6 Å². The highest BCUT2D eigenvalue weighted by atomic mass is 35.5. The van der Waals surface area contributed by atoms with Gasteiger partial charge in [0.1, 0.15) is 9.21 Å². The van der Waals surface area contributed by atoms with Crippen LogP contribution in [0.1, 0.15) is 46.5 Å². The van der Waals surface area contributed by atoms with E-state index in [0.717, 1.165) is 41.0 Å². The van der Waals surface area contributed by atoms with Gasteiger partial charge in [-0.05, 0) is 56.2 Å². The number of imide groups is 1. The average molecular weight is 546 g/mol. The number of methoxy groups -OCH3 is 1. The molecule has 2 aromatic heterocycles. The summed E-state index contributed by atoms with van der Waals surface area (Å²) in [7, 11) is -2.58. The van der Waals surface area contributed by atoms with Crippen LogP contribution in [0.4, 0.5) is 9.80 Å². The summed E-state index contributed by atoms with van der Waals surface area (Å²) in [5.74, 6) is -1.55. The Morgan fingerprint density at radius 3 is 2.62 bits per heavy atom. The molecule has 1 saturated heterocycles. The van der Waals surface area contributed by atoms with E-state index in [1.807, 2.05) is 0 Å². The second-order valence-electron chi connectivity index (χ2n) is 8.11. The van der Waals surface area contributed by atoms with Gasteiger partial charge in [-0.3, -0.25) is 14.9 Å². The number of ether oxygens (including phenoxy) is 1.